The molecule has 6 heteroatoms. The monoisotopic (exact) mass is 391 g/mol. The third-order valence-electron chi connectivity index (χ3n) is 7.24. The number of methoxy groups -OCH3 is 1. The highest BCUT2D eigenvalue weighted by Crippen LogP contribution is 2.58. The normalized spacial score (nSPS) is 27.3. The predicted octanol–water partition coefficient (Wildman–Crippen LogP) is 4.19. The topological polar surface area (TPSA) is 71.5 Å². The Bertz CT molecular complexity index is 962. The van der Waals surface area contributed by atoms with Crippen LogP contribution in [0.5, 0.6) is 0 Å². The van der Waals surface area contributed by atoms with Crippen molar-refractivity contribution in [1.29, 1.82) is 0 Å². The molecule has 6 nitrogen and oxygen atoms in total. The van der Waals surface area contributed by atoms with E-state index in [4.69, 9.17) is 4.74 Å². The fourth-order valence-corrected chi connectivity index (χ4v) is 5.37. The van der Waals surface area contributed by atoms with Crippen LogP contribution >= 0.6 is 0 Å². The van der Waals surface area contributed by atoms with Gasteiger partial charge >= 0.3 is 5.97 Å². The van der Waals surface area contributed by atoms with Gasteiger partial charge in [0.2, 0.25) is 5.91 Å². The van der Waals surface area contributed by atoms with E-state index in [0.717, 1.165) is 55.5 Å². The Morgan fingerprint density at radius 1 is 1.00 bits per heavy atom. The molecule has 0 saturated heterocycles. The van der Waals surface area contributed by atoms with Crippen LogP contribution < -0.4 is 10.2 Å². The molecule has 3 fully saturated rings. The second-order valence-electron chi connectivity index (χ2n) is 8.60. The summed E-state index contributed by atoms with van der Waals surface area (Å²) in [7, 11) is 1.46. The number of aromatic nitrogens is 1. The van der Waals surface area contributed by atoms with Crippen molar-refractivity contribution in [3.63, 3.8) is 0 Å². The van der Waals surface area contributed by atoms with Crippen LogP contribution in [0.3, 0.4) is 0 Å². The molecule has 6 rings (SSSR count). The zero-order chi connectivity index (χ0) is 20.1. The number of nitrogens with one attached hydrogen (secondary N) is 1. The lowest BCUT2D eigenvalue weighted by Crippen LogP contribution is -2.53. The molecule has 1 aromatic carbocycles. The fraction of sp³-hybridized carbons (Fsp3) is 0.435. The summed E-state index contributed by atoms with van der Waals surface area (Å²) in [5.74, 6) is 0.752. The molecule has 2 aromatic rings. The molecular weight excluding hydrogens is 366 g/mol. The van der Waals surface area contributed by atoms with Crippen molar-refractivity contribution in [2.45, 2.75) is 45.1 Å². The van der Waals surface area contributed by atoms with Gasteiger partial charge in [-0.1, -0.05) is 18.2 Å². The van der Waals surface area contributed by atoms with Crippen molar-refractivity contribution in [2.24, 2.45) is 10.8 Å². The number of benzene rings is 1. The number of carbonyl (C=O) groups excluding carboxylic acids is 2. The highest BCUT2D eigenvalue weighted by molar-refractivity contribution is 6.01. The van der Waals surface area contributed by atoms with Crippen LogP contribution in [0, 0.1) is 10.8 Å². The minimum Gasteiger partial charge on any atom is -0.469 e. The first-order valence-corrected chi connectivity index (χ1v) is 10.3. The molecule has 1 aromatic heterocycles. The molecule has 2 bridgehead atoms. The molecule has 3 aliphatic carbocycles. The van der Waals surface area contributed by atoms with E-state index in [9.17, 15) is 9.59 Å². The van der Waals surface area contributed by atoms with Crippen molar-refractivity contribution in [2.75, 3.05) is 17.3 Å². The number of fused-ring (bicyclic) bond motifs is 5. The number of pyridine rings is 1. The van der Waals surface area contributed by atoms with Gasteiger partial charge in [0.25, 0.3) is 0 Å². The fourth-order valence-electron chi connectivity index (χ4n) is 5.37. The summed E-state index contributed by atoms with van der Waals surface area (Å²) >= 11 is 0. The maximum atomic E-state index is 14.0. The largest absolute Gasteiger partial charge is 0.469 e. The van der Waals surface area contributed by atoms with Crippen LogP contribution in [0.2, 0.25) is 0 Å². The van der Waals surface area contributed by atoms with Crippen LogP contribution in [0.1, 0.15) is 44.1 Å². The van der Waals surface area contributed by atoms with E-state index in [0.29, 0.717) is 12.4 Å². The van der Waals surface area contributed by atoms with Gasteiger partial charge in [-0.25, -0.2) is 4.98 Å². The molecular formula is C23H25N3O3. The van der Waals surface area contributed by atoms with E-state index in [-0.39, 0.29) is 17.3 Å². The van der Waals surface area contributed by atoms with Crippen LogP contribution in [0.4, 0.5) is 17.2 Å². The predicted molar refractivity (Wildman–Crippen MR) is 110 cm³/mol. The molecule has 29 heavy (non-hydrogen) atoms. The van der Waals surface area contributed by atoms with E-state index in [1.165, 1.54) is 7.11 Å². The number of esters is 1. The number of para-hydroxylation sites is 1. The zero-order valence-corrected chi connectivity index (χ0v) is 16.6. The molecule has 0 spiro atoms. The van der Waals surface area contributed by atoms with Gasteiger partial charge in [0.15, 0.2) is 5.82 Å². The lowest BCUT2D eigenvalue weighted by Gasteiger charge is -2.51. The van der Waals surface area contributed by atoms with Crippen molar-refractivity contribution >= 4 is 29.1 Å². The summed E-state index contributed by atoms with van der Waals surface area (Å²) < 4.78 is 5.07. The minimum atomic E-state index is -0.401. The zero-order valence-electron chi connectivity index (χ0n) is 16.6. The first-order valence-electron chi connectivity index (χ1n) is 10.3. The van der Waals surface area contributed by atoms with Crippen LogP contribution in [-0.4, -0.2) is 24.0 Å². The van der Waals surface area contributed by atoms with Gasteiger partial charge in [-0.05, 0) is 62.3 Å². The standard InChI is InChI=1S/C23H25N3O3/c1-29-21(28)23-11-8-22(9-12-23,10-13-23)20(27)26-15-16-5-2-3-6-17(16)25-19-18(26)7-4-14-24-19/h2-7,14H,8-13,15H2,1H3,(H,24,25). The Hall–Kier alpha value is -2.89. The molecule has 1 N–H and O–H groups in total. The molecule has 3 saturated carbocycles. The highest BCUT2D eigenvalue weighted by atomic mass is 16.5. The Morgan fingerprint density at radius 2 is 1.69 bits per heavy atom. The number of rotatable bonds is 2. The van der Waals surface area contributed by atoms with Gasteiger partial charge in [-0.3, -0.25) is 9.59 Å². The molecule has 150 valence electrons. The van der Waals surface area contributed by atoms with Gasteiger partial charge < -0.3 is 15.0 Å². The second kappa shape index (κ2) is 6.58. The average molecular weight is 391 g/mol. The van der Waals surface area contributed by atoms with E-state index in [1.54, 1.807) is 6.20 Å². The highest BCUT2D eigenvalue weighted by Gasteiger charge is 2.57. The Labute approximate surface area is 170 Å². The summed E-state index contributed by atoms with van der Waals surface area (Å²) in [6, 6.07) is 11.9. The number of amides is 1. The molecule has 1 aliphatic heterocycles. The number of carbonyl (C=O) groups is 2. The van der Waals surface area contributed by atoms with Crippen molar-refractivity contribution in [1.82, 2.24) is 4.98 Å². The van der Waals surface area contributed by atoms with Gasteiger partial charge in [0, 0.05) is 17.3 Å². The van der Waals surface area contributed by atoms with Gasteiger partial charge in [0.1, 0.15) is 0 Å². The summed E-state index contributed by atoms with van der Waals surface area (Å²) in [6.45, 7) is 0.518. The lowest BCUT2D eigenvalue weighted by atomic mass is 9.53. The minimum absolute atomic E-state index is 0.110. The SMILES string of the molecule is COC(=O)C12CCC(C(=O)N3Cc4ccccc4Nc4ncccc43)(CC1)CC2. The Balaban J connectivity index is 1.49. The molecule has 0 unspecified atom stereocenters. The first-order chi connectivity index (χ1) is 14.1. The first kappa shape index (κ1) is 18.2. The van der Waals surface area contributed by atoms with Crippen molar-refractivity contribution < 1.29 is 14.3 Å². The summed E-state index contributed by atoms with van der Waals surface area (Å²) in [5.41, 5.74) is 2.09. The van der Waals surface area contributed by atoms with Crippen molar-refractivity contribution in [3.8, 4) is 0 Å². The molecule has 2 heterocycles. The quantitative estimate of drug-likeness (QED) is 0.778. The number of anilines is 3. The molecule has 0 radical (unpaired) electrons. The summed E-state index contributed by atoms with van der Waals surface area (Å²) in [5, 5.41) is 3.39. The molecule has 1 amide bonds. The maximum absolute atomic E-state index is 14.0. The number of ether oxygens (including phenoxy) is 1. The number of hydrogen-bond acceptors (Lipinski definition) is 5. The molecule has 4 aliphatic rings. The Kier molecular flexibility index (Phi) is 4.12. The Morgan fingerprint density at radius 3 is 2.41 bits per heavy atom. The number of nitrogens with zero attached hydrogens (tertiary/aromatic N) is 2. The van der Waals surface area contributed by atoms with E-state index < -0.39 is 5.41 Å². The van der Waals surface area contributed by atoms with E-state index >= 15 is 0 Å². The van der Waals surface area contributed by atoms with Crippen LogP contribution in [0.25, 0.3) is 0 Å². The van der Waals surface area contributed by atoms with Crippen molar-refractivity contribution in [3.05, 3.63) is 48.2 Å². The van der Waals surface area contributed by atoms with Gasteiger partial charge in [0.05, 0.1) is 24.8 Å². The van der Waals surface area contributed by atoms with E-state index in [1.807, 2.05) is 35.2 Å². The van der Waals surface area contributed by atoms with Gasteiger partial charge in [-0.2, -0.15) is 0 Å². The van der Waals surface area contributed by atoms with Gasteiger partial charge in [-0.15, -0.1) is 0 Å². The van der Waals surface area contributed by atoms with Crippen LogP contribution in [-0.2, 0) is 20.9 Å². The lowest BCUT2D eigenvalue weighted by molar-refractivity contribution is -0.165. The molecule has 0 atom stereocenters. The summed E-state index contributed by atoms with van der Waals surface area (Å²) in [4.78, 5) is 32.7. The average Bonchev–Trinajstić information content (AvgIpc) is 2.96. The third-order valence-corrected chi connectivity index (χ3v) is 7.24. The third kappa shape index (κ3) is 2.73. The second-order valence-corrected chi connectivity index (χ2v) is 8.60. The number of hydrogen-bond donors (Lipinski definition) is 1. The smallest absolute Gasteiger partial charge is 0.311 e. The maximum Gasteiger partial charge on any atom is 0.311 e. The summed E-state index contributed by atoms with van der Waals surface area (Å²) in [6.07, 6.45) is 6.15. The van der Waals surface area contributed by atoms with Crippen LogP contribution in [0.15, 0.2) is 42.6 Å². The van der Waals surface area contributed by atoms with E-state index in [2.05, 4.69) is 16.4 Å².